The lowest BCUT2D eigenvalue weighted by atomic mass is 10.1. The SMILES string of the molecule is CN(C)CCn1ncc(Cl)c1C(NN)c1ccoc1Cl. The van der Waals surface area contributed by atoms with Gasteiger partial charge in [-0.2, -0.15) is 5.10 Å². The lowest BCUT2D eigenvalue weighted by Gasteiger charge is -2.18. The molecule has 0 aliphatic rings. The Morgan fingerprint density at radius 1 is 1.50 bits per heavy atom. The Balaban J connectivity index is 2.34. The molecule has 8 heteroatoms. The lowest BCUT2D eigenvalue weighted by molar-refractivity contribution is 0.365. The van der Waals surface area contributed by atoms with Crippen LogP contribution in [0.15, 0.2) is 22.9 Å². The van der Waals surface area contributed by atoms with Crippen molar-refractivity contribution in [1.82, 2.24) is 20.1 Å². The van der Waals surface area contributed by atoms with Crippen molar-refractivity contribution in [2.24, 2.45) is 5.84 Å². The van der Waals surface area contributed by atoms with Crippen LogP contribution in [0.5, 0.6) is 0 Å². The van der Waals surface area contributed by atoms with Crippen molar-refractivity contribution in [3.63, 3.8) is 0 Å². The van der Waals surface area contributed by atoms with E-state index in [1.165, 1.54) is 6.26 Å². The number of nitrogens with two attached hydrogens (primary N) is 1. The van der Waals surface area contributed by atoms with Crippen LogP contribution in [0.1, 0.15) is 17.3 Å². The van der Waals surface area contributed by atoms with Crippen LogP contribution >= 0.6 is 23.2 Å². The fraction of sp³-hybridized carbons (Fsp3) is 0.417. The molecule has 6 nitrogen and oxygen atoms in total. The summed E-state index contributed by atoms with van der Waals surface area (Å²) < 4.78 is 6.93. The van der Waals surface area contributed by atoms with Crippen molar-refractivity contribution in [3.05, 3.63) is 40.0 Å². The monoisotopic (exact) mass is 317 g/mol. The minimum Gasteiger partial charge on any atom is -0.453 e. The second-order valence-corrected chi connectivity index (χ2v) is 5.40. The van der Waals surface area contributed by atoms with Gasteiger partial charge >= 0.3 is 0 Å². The van der Waals surface area contributed by atoms with Gasteiger partial charge < -0.3 is 9.32 Å². The third kappa shape index (κ3) is 3.16. The van der Waals surface area contributed by atoms with Gasteiger partial charge in [0.1, 0.15) is 0 Å². The lowest BCUT2D eigenvalue weighted by Crippen LogP contribution is -2.31. The molecule has 0 bridgehead atoms. The highest BCUT2D eigenvalue weighted by atomic mass is 35.5. The van der Waals surface area contributed by atoms with Crippen LogP contribution in [0.3, 0.4) is 0 Å². The highest BCUT2D eigenvalue weighted by molar-refractivity contribution is 6.31. The summed E-state index contributed by atoms with van der Waals surface area (Å²) in [6.07, 6.45) is 3.11. The Kier molecular flexibility index (Phi) is 5.06. The molecule has 0 spiro atoms. The molecule has 110 valence electrons. The third-order valence-corrected chi connectivity index (χ3v) is 3.59. The van der Waals surface area contributed by atoms with Gasteiger partial charge in [0.05, 0.1) is 35.8 Å². The summed E-state index contributed by atoms with van der Waals surface area (Å²) in [6, 6.07) is 1.38. The molecule has 3 N–H and O–H groups in total. The topological polar surface area (TPSA) is 72.2 Å². The molecule has 0 amide bonds. The predicted octanol–water partition coefficient (Wildman–Crippen LogP) is 1.90. The number of hydrogen-bond donors (Lipinski definition) is 2. The van der Waals surface area contributed by atoms with Crippen LogP contribution < -0.4 is 11.3 Å². The van der Waals surface area contributed by atoms with Crippen LogP contribution in [0.2, 0.25) is 10.2 Å². The molecule has 0 fully saturated rings. The molecule has 0 saturated heterocycles. The third-order valence-electron chi connectivity index (χ3n) is 2.99. The van der Waals surface area contributed by atoms with Crippen molar-refractivity contribution >= 4 is 23.2 Å². The largest absolute Gasteiger partial charge is 0.453 e. The zero-order valence-corrected chi connectivity index (χ0v) is 12.8. The minimum atomic E-state index is -0.376. The van der Waals surface area contributed by atoms with Gasteiger partial charge in [0.2, 0.25) is 0 Å². The molecule has 2 heterocycles. The fourth-order valence-electron chi connectivity index (χ4n) is 1.96. The predicted molar refractivity (Wildman–Crippen MR) is 78.7 cm³/mol. The van der Waals surface area contributed by atoms with E-state index < -0.39 is 0 Å². The number of furan rings is 1. The second-order valence-electron chi connectivity index (χ2n) is 4.65. The van der Waals surface area contributed by atoms with E-state index in [1.807, 2.05) is 18.8 Å². The molecule has 2 aromatic rings. The van der Waals surface area contributed by atoms with Gasteiger partial charge in [-0.1, -0.05) is 11.6 Å². The van der Waals surface area contributed by atoms with E-state index in [0.717, 1.165) is 17.8 Å². The van der Waals surface area contributed by atoms with Crippen LogP contribution in [0, 0.1) is 0 Å². The first kappa shape index (κ1) is 15.3. The molecule has 2 rings (SSSR count). The number of aromatic nitrogens is 2. The zero-order chi connectivity index (χ0) is 14.7. The Hall–Kier alpha value is -1.05. The molecular weight excluding hydrogens is 301 g/mol. The quantitative estimate of drug-likeness (QED) is 0.629. The van der Waals surface area contributed by atoms with Crippen molar-refractivity contribution in [1.29, 1.82) is 0 Å². The van der Waals surface area contributed by atoms with Gasteiger partial charge in [-0.05, 0) is 31.8 Å². The molecule has 0 radical (unpaired) electrons. The van der Waals surface area contributed by atoms with E-state index >= 15 is 0 Å². The highest BCUT2D eigenvalue weighted by Crippen LogP contribution is 2.32. The molecule has 20 heavy (non-hydrogen) atoms. The van der Waals surface area contributed by atoms with Crippen molar-refractivity contribution < 1.29 is 4.42 Å². The number of nitrogens with zero attached hydrogens (tertiary/aromatic N) is 3. The molecule has 0 aliphatic carbocycles. The van der Waals surface area contributed by atoms with Crippen LogP contribution in [0.25, 0.3) is 0 Å². The van der Waals surface area contributed by atoms with Crippen LogP contribution in [0.4, 0.5) is 0 Å². The maximum Gasteiger partial charge on any atom is 0.198 e. The summed E-state index contributed by atoms with van der Waals surface area (Å²) in [5.74, 6) is 5.66. The molecule has 2 aromatic heterocycles. The molecule has 1 unspecified atom stereocenters. The molecule has 1 atom stereocenters. The van der Waals surface area contributed by atoms with Gasteiger partial charge in [-0.25, -0.2) is 5.43 Å². The number of hydrazine groups is 1. The van der Waals surface area contributed by atoms with Crippen LogP contribution in [-0.2, 0) is 6.54 Å². The standard InChI is InChI=1S/C12H17Cl2N5O/c1-18(2)4-5-19-11(9(13)7-16-19)10(17-15)8-3-6-20-12(8)14/h3,6-7,10,17H,4-5,15H2,1-2H3. The molecule has 0 aliphatic heterocycles. The number of halogens is 2. The minimum absolute atomic E-state index is 0.282. The van der Waals surface area contributed by atoms with Crippen LogP contribution in [-0.4, -0.2) is 35.3 Å². The van der Waals surface area contributed by atoms with Gasteiger partial charge in [0.15, 0.2) is 5.22 Å². The molecular formula is C12H17Cl2N5O. The normalized spacial score (nSPS) is 13.1. The van der Waals surface area contributed by atoms with Crippen molar-refractivity contribution in [3.8, 4) is 0 Å². The Bertz CT molecular complexity index is 566. The second kappa shape index (κ2) is 6.60. The highest BCUT2D eigenvalue weighted by Gasteiger charge is 2.24. The summed E-state index contributed by atoms with van der Waals surface area (Å²) in [4.78, 5) is 2.06. The van der Waals surface area contributed by atoms with E-state index in [2.05, 4.69) is 15.4 Å². The summed E-state index contributed by atoms with van der Waals surface area (Å²) in [6.45, 7) is 1.53. The number of nitrogens with one attached hydrogen (secondary N) is 1. The number of rotatable bonds is 6. The average Bonchev–Trinajstić information content (AvgIpc) is 2.97. The van der Waals surface area contributed by atoms with Gasteiger partial charge in [0, 0.05) is 12.1 Å². The first-order valence-corrected chi connectivity index (χ1v) is 6.85. The summed E-state index contributed by atoms with van der Waals surface area (Å²) in [7, 11) is 3.99. The van der Waals surface area contributed by atoms with Gasteiger partial charge in [-0.15, -0.1) is 0 Å². The maximum absolute atomic E-state index is 6.24. The maximum atomic E-state index is 6.24. The molecule has 0 aromatic carbocycles. The Labute approximate surface area is 127 Å². The fourth-order valence-corrected chi connectivity index (χ4v) is 2.43. The van der Waals surface area contributed by atoms with E-state index in [-0.39, 0.29) is 11.3 Å². The molecule has 0 saturated carbocycles. The Morgan fingerprint density at radius 2 is 2.25 bits per heavy atom. The average molecular weight is 318 g/mol. The zero-order valence-electron chi connectivity index (χ0n) is 11.3. The van der Waals surface area contributed by atoms with E-state index in [4.69, 9.17) is 33.5 Å². The summed E-state index contributed by atoms with van der Waals surface area (Å²) in [5, 5.41) is 5.10. The number of likely N-dealkylation sites (N-methyl/N-ethyl adjacent to an activating group) is 1. The summed E-state index contributed by atoms with van der Waals surface area (Å²) in [5.41, 5.74) is 4.20. The van der Waals surface area contributed by atoms with Gasteiger partial charge in [-0.3, -0.25) is 10.5 Å². The van der Waals surface area contributed by atoms with Crippen molar-refractivity contribution in [2.45, 2.75) is 12.6 Å². The van der Waals surface area contributed by atoms with E-state index in [9.17, 15) is 0 Å². The number of hydrogen-bond acceptors (Lipinski definition) is 5. The summed E-state index contributed by atoms with van der Waals surface area (Å²) >= 11 is 12.3. The Morgan fingerprint density at radius 3 is 2.80 bits per heavy atom. The van der Waals surface area contributed by atoms with Gasteiger partial charge in [0.25, 0.3) is 0 Å². The van der Waals surface area contributed by atoms with E-state index in [0.29, 0.717) is 11.6 Å². The van der Waals surface area contributed by atoms with Crippen molar-refractivity contribution in [2.75, 3.05) is 20.6 Å². The first-order chi connectivity index (χ1) is 9.54. The van der Waals surface area contributed by atoms with E-state index in [1.54, 1.807) is 12.3 Å². The first-order valence-electron chi connectivity index (χ1n) is 6.09. The smallest absolute Gasteiger partial charge is 0.198 e.